The Bertz CT molecular complexity index is 609. The zero-order valence-corrected chi connectivity index (χ0v) is 10.9. The van der Waals surface area contributed by atoms with Crippen LogP contribution >= 0.6 is 0 Å². The zero-order chi connectivity index (χ0) is 14.8. The molecule has 1 heterocycles. The van der Waals surface area contributed by atoms with Crippen LogP contribution in [0.3, 0.4) is 0 Å². The lowest BCUT2D eigenvalue weighted by Crippen LogP contribution is -2.08. The van der Waals surface area contributed by atoms with E-state index >= 15 is 0 Å². The summed E-state index contributed by atoms with van der Waals surface area (Å²) in [6.07, 6.45) is -4.09. The summed E-state index contributed by atoms with van der Waals surface area (Å²) in [7, 11) is 0. The van der Waals surface area contributed by atoms with Gasteiger partial charge in [0.1, 0.15) is 5.82 Å². The molecular formula is C14H14F3N3. The van der Waals surface area contributed by atoms with Crippen LogP contribution in [-0.2, 0) is 19.1 Å². The predicted molar refractivity (Wildman–Crippen MR) is 68.9 cm³/mol. The Morgan fingerprint density at radius 2 is 1.90 bits per heavy atom. The largest absolute Gasteiger partial charge is 0.416 e. The third kappa shape index (κ3) is 3.54. The molecule has 0 unspecified atom stereocenters. The average Bonchev–Trinajstić information content (AvgIpc) is 2.37. The Hall–Kier alpha value is -1.95. The molecule has 0 aliphatic carbocycles. The van der Waals surface area contributed by atoms with Gasteiger partial charge in [0.05, 0.1) is 11.3 Å². The van der Waals surface area contributed by atoms with Crippen LogP contribution in [0.2, 0.25) is 0 Å². The highest BCUT2D eigenvalue weighted by atomic mass is 19.4. The van der Waals surface area contributed by atoms with Crippen molar-refractivity contribution < 1.29 is 13.2 Å². The Balaban J connectivity index is 2.28. The second-order valence-electron chi connectivity index (χ2n) is 4.50. The van der Waals surface area contributed by atoms with E-state index in [9.17, 15) is 13.2 Å². The highest BCUT2D eigenvalue weighted by molar-refractivity contribution is 5.28. The third-order valence-electron chi connectivity index (χ3n) is 2.78. The number of benzene rings is 1. The Morgan fingerprint density at radius 3 is 2.55 bits per heavy atom. The number of alkyl halides is 3. The van der Waals surface area contributed by atoms with Crippen molar-refractivity contribution in [1.82, 2.24) is 9.97 Å². The number of aromatic nitrogens is 2. The molecule has 0 aliphatic rings. The first-order valence-corrected chi connectivity index (χ1v) is 6.08. The molecule has 0 radical (unpaired) electrons. The number of rotatable bonds is 3. The van der Waals surface area contributed by atoms with Gasteiger partial charge < -0.3 is 5.73 Å². The lowest BCUT2D eigenvalue weighted by molar-refractivity contribution is -0.137. The fourth-order valence-corrected chi connectivity index (χ4v) is 1.92. The van der Waals surface area contributed by atoms with Gasteiger partial charge in [-0.25, -0.2) is 9.97 Å². The molecule has 20 heavy (non-hydrogen) atoms. The summed E-state index contributed by atoms with van der Waals surface area (Å²) in [6.45, 7) is 2.08. The molecule has 0 spiro atoms. The molecule has 106 valence electrons. The summed E-state index contributed by atoms with van der Waals surface area (Å²) < 4.78 is 37.9. The first kappa shape index (κ1) is 14.5. The lowest BCUT2D eigenvalue weighted by Gasteiger charge is -2.09. The molecule has 3 nitrogen and oxygen atoms in total. The molecule has 1 aromatic carbocycles. The highest BCUT2D eigenvalue weighted by Gasteiger charge is 2.30. The topological polar surface area (TPSA) is 51.8 Å². The van der Waals surface area contributed by atoms with E-state index in [0.29, 0.717) is 17.1 Å². The summed E-state index contributed by atoms with van der Waals surface area (Å²) in [4.78, 5) is 8.44. The summed E-state index contributed by atoms with van der Waals surface area (Å²) in [5.41, 5.74) is 6.81. The van der Waals surface area contributed by atoms with Crippen LogP contribution < -0.4 is 5.73 Å². The maximum absolute atomic E-state index is 12.6. The van der Waals surface area contributed by atoms with E-state index in [-0.39, 0.29) is 13.0 Å². The van der Waals surface area contributed by atoms with Crippen molar-refractivity contribution in [3.05, 3.63) is 58.7 Å². The van der Waals surface area contributed by atoms with Gasteiger partial charge in [0, 0.05) is 18.7 Å². The molecule has 0 saturated heterocycles. The van der Waals surface area contributed by atoms with Crippen LogP contribution in [0.4, 0.5) is 13.2 Å². The molecular weight excluding hydrogens is 267 g/mol. The van der Waals surface area contributed by atoms with Crippen molar-refractivity contribution in [2.24, 2.45) is 5.73 Å². The van der Waals surface area contributed by atoms with Gasteiger partial charge in [-0.05, 0) is 24.6 Å². The van der Waals surface area contributed by atoms with Crippen LogP contribution in [0.1, 0.15) is 28.3 Å². The van der Waals surface area contributed by atoms with Crippen LogP contribution in [-0.4, -0.2) is 9.97 Å². The van der Waals surface area contributed by atoms with Crippen LogP contribution in [0, 0.1) is 6.92 Å². The van der Waals surface area contributed by atoms with Crippen molar-refractivity contribution in [1.29, 1.82) is 0 Å². The minimum Gasteiger partial charge on any atom is -0.325 e. The lowest BCUT2D eigenvalue weighted by atomic mass is 10.1. The molecule has 0 atom stereocenters. The van der Waals surface area contributed by atoms with E-state index < -0.39 is 11.7 Å². The first-order valence-electron chi connectivity index (χ1n) is 6.08. The molecule has 0 saturated carbocycles. The molecule has 2 rings (SSSR count). The first-order chi connectivity index (χ1) is 9.38. The maximum atomic E-state index is 12.6. The van der Waals surface area contributed by atoms with E-state index in [2.05, 4.69) is 9.97 Å². The average molecular weight is 281 g/mol. The fourth-order valence-electron chi connectivity index (χ4n) is 1.92. The van der Waals surface area contributed by atoms with Crippen molar-refractivity contribution in [2.75, 3.05) is 0 Å². The molecule has 1 aromatic heterocycles. The van der Waals surface area contributed by atoms with Crippen LogP contribution in [0.25, 0.3) is 0 Å². The number of nitrogens with zero attached hydrogens (tertiary/aromatic N) is 2. The number of aryl methyl sites for hydroxylation is 1. The third-order valence-corrected chi connectivity index (χ3v) is 2.78. The van der Waals surface area contributed by atoms with E-state index in [1.54, 1.807) is 19.1 Å². The van der Waals surface area contributed by atoms with E-state index in [0.717, 1.165) is 17.8 Å². The number of nitrogens with two attached hydrogens (primary N) is 1. The highest BCUT2D eigenvalue weighted by Crippen LogP contribution is 2.29. The summed E-state index contributed by atoms with van der Waals surface area (Å²) in [5.74, 6) is 0.477. The second kappa shape index (κ2) is 5.58. The standard InChI is InChI=1S/C14H14F3N3/c1-9-5-12(8-18)20-13(19-9)7-10-3-2-4-11(6-10)14(15,16)17/h2-6H,7-8,18H2,1H3. The Kier molecular flexibility index (Phi) is 4.04. The summed E-state index contributed by atoms with van der Waals surface area (Å²) in [6, 6.07) is 6.94. The van der Waals surface area contributed by atoms with Gasteiger partial charge in [-0.2, -0.15) is 13.2 Å². The van der Waals surface area contributed by atoms with Crippen molar-refractivity contribution in [3.63, 3.8) is 0 Å². The van der Waals surface area contributed by atoms with Crippen molar-refractivity contribution in [3.8, 4) is 0 Å². The SMILES string of the molecule is Cc1cc(CN)nc(Cc2cccc(C(F)(F)F)c2)n1. The van der Waals surface area contributed by atoms with E-state index in [4.69, 9.17) is 5.73 Å². The molecule has 0 amide bonds. The molecule has 0 fully saturated rings. The molecule has 0 bridgehead atoms. The smallest absolute Gasteiger partial charge is 0.325 e. The maximum Gasteiger partial charge on any atom is 0.416 e. The summed E-state index contributed by atoms with van der Waals surface area (Å²) >= 11 is 0. The zero-order valence-electron chi connectivity index (χ0n) is 10.9. The van der Waals surface area contributed by atoms with Gasteiger partial charge in [-0.1, -0.05) is 18.2 Å². The second-order valence-corrected chi connectivity index (χ2v) is 4.50. The quantitative estimate of drug-likeness (QED) is 0.941. The number of hydrogen-bond acceptors (Lipinski definition) is 3. The molecule has 2 aromatic rings. The van der Waals surface area contributed by atoms with Gasteiger partial charge in [0.25, 0.3) is 0 Å². The van der Waals surface area contributed by atoms with Gasteiger partial charge in [-0.15, -0.1) is 0 Å². The Morgan fingerprint density at radius 1 is 1.15 bits per heavy atom. The van der Waals surface area contributed by atoms with Crippen LogP contribution in [0.15, 0.2) is 30.3 Å². The minimum absolute atomic E-state index is 0.249. The monoisotopic (exact) mass is 281 g/mol. The van der Waals surface area contributed by atoms with Crippen molar-refractivity contribution >= 4 is 0 Å². The number of halogens is 3. The normalized spacial score (nSPS) is 11.7. The van der Waals surface area contributed by atoms with Gasteiger partial charge in [-0.3, -0.25) is 0 Å². The fraction of sp³-hybridized carbons (Fsp3) is 0.286. The van der Waals surface area contributed by atoms with Gasteiger partial charge in [0.2, 0.25) is 0 Å². The van der Waals surface area contributed by atoms with Crippen molar-refractivity contribution in [2.45, 2.75) is 26.1 Å². The van der Waals surface area contributed by atoms with Crippen LogP contribution in [0.5, 0.6) is 0 Å². The Labute approximate surface area is 114 Å². The number of hydrogen-bond donors (Lipinski definition) is 1. The van der Waals surface area contributed by atoms with E-state index in [1.807, 2.05) is 0 Å². The molecule has 0 aliphatic heterocycles. The molecule has 6 heteroatoms. The predicted octanol–water partition coefficient (Wildman–Crippen LogP) is 2.85. The van der Waals surface area contributed by atoms with Gasteiger partial charge in [0.15, 0.2) is 0 Å². The molecule has 2 N–H and O–H groups in total. The van der Waals surface area contributed by atoms with E-state index in [1.165, 1.54) is 6.07 Å². The minimum atomic E-state index is -4.34. The summed E-state index contributed by atoms with van der Waals surface area (Å²) in [5, 5.41) is 0. The van der Waals surface area contributed by atoms with Gasteiger partial charge >= 0.3 is 6.18 Å².